The zero-order chi connectivity index (χ0) is 30.9. The highest BCUT2D eigenvalue weighted by Gasteiger charge is 2.43. The Morgan fingerprint density at radius 1 is 1.24 bits per heavy atom. The second kappa shape index (κ2) is 16.5. The first kappa shape index (κ1) is 35.7. The molecule has 42 heavy (non-hydrogen) atoms. The van der Waals surface area contributed by atoms with Gasteiger partial charge in [-0.05, 0) is 107 Å². The van der Waals surface area contributed by atoms with Gasteiger partial charge in [0.1, 0.15) is 4.88 Å². The Morgan fingerprint density at radius 3 is 2.67 bits per heavy atom. The fourth-order valence-electron chi connectivity index (χ4n) is 5.81. The van der Waals surface area contributed by atoms with Gasteiger partial charge in [-0.15, -0.1) is 22.9 Å². The lowest BCUT2D eigenvalue weighted by molar-refractivity contribution is -0.192. The molecule has 1 aromatic rings. The molecule has 1 saturated carbocycles. The van der Waals surface area contributed by atoms with E-state index in [0.717, 1.165) is 64.4 Å². The molecular formula is C33H55ClO6SSi. The Bertz CT molecular complexity index is 985. The van der Waals surface area contributed by atoms with E-state index in [1.807, 2.05) is 18.2 Å². The molecule has 0 spiro atoms. The van der Waals surface area contributed by atoms with Gasteiger partial charge in [0.25, 0.3) is 0 Å². The van der Waals surface area contributed by atoms with E-state index in [4.69, 9.17) is 30.2 Å². The largest absolute Gasteiger partial charge is 0.465 e. The van der Waals surface area contributed by atoms with Crippen molar-refractivity contribution in [3.63, 3.8) is 0 Å². The number of hydrogen-bond acceptors (Lipinski definition) is 7. The summed E-state index contributed by atoms with van der Waals surface area (Å²) in [5, 5.41) is 11.1. The smallest absolute Gasteiger partial charge is 0.348 e. The number of carbonyl (C=O) groups excluding carboxylic acids is 1. The topological polar surface area (TPSA) is 74.2 Å². The minimum absolute atomic E-state index is 0.00712. The van der Waals surface area contributed by atoms with Gasteiger partial charge in [-0.3, -0.25) is 0 Å². The third-order valence-electron chi connectivity index (χ3n) is 9.29. The predicted molar refractivity (Wildman–Crippen MR) is 175 cm³/mol. The number of aliphatic hydroxyl groups excluding tert-OH is 1. The number of hydrogen-bond donors (Lipinski definition) is 1. The van der Waals surface area contributed by atoms with Crippen molar-refractivity contribution in [1.29, 1.82) is 0 Å². The van der Waals surface area contributed by atoms with E-state index in [9.17, 15) is 9.90 Å². The molecule has 9 heteroatoms. The van der Waals surface area contributed by atoms with Gasteiger partial charge in [0.05, 0.1) is 19.3 Å². The van der Waals surface area contributed by atoms with E-state index in [-0.39, 0.29) is 46.7 Å². The molecule has 1 unspecified atom stereocenters. The van der Waals surface area contributed by atoms with Gasteiger partial charge in [-0.25, -0.2) is 4.79 Å². The minimum atomic E-state index is -1.79. The molecule has 2 aliphatic rings. The SMILES string of the molecule is COC(=O)c1ccc(CCC[C@@H]2[C@@H](/C=C/[C@@H](O)CCC[C@@H](C)O[Si](C)(C)C(C)(C)C)[C@H](OC3CCCCO3)C[C@H]2Cl)s1. The van der Waals surface area contributed by atoms with Crippen LogP contribution in [0, 0.1) is 11.8 Å². The zero-order valence-electron chi connectivity index (χ0n) is 26.9. The Balaban J connectivity index is 1.57. The summed E-state index contributed by atoms with van der Waals surface area (Å²) in [6.45, 7) is 14.3. The van der Waals surface area contributed by atoms with Crippen molar-refractivity contribution in [3.8, 4) is 0 Å². The molecule has 0 bridgehead atoms. The third kappa shape index (κ3) is 10.7. The number of ether oxygens (including phenoxy) is 3. The Labute approximate surface area is 264 Å². The van der Waals surface area contributed by atoms with Crippen molar-refractivity contribution in [2.24, 2.45) is 11.8 Å². The molecule has 1 aliphatic heterocycles. The van der Waals surface area contributed by atoms with Crippen LogP contribution in [-0.4, -0.2) is 63.1 Å². The summed E-state index contributed by atoms with van der Waals surface area (Å²) in [4.78, 5) is 13.6. The third-order valence-corrected chi connectivity index (χ3v) is 15.5. The van der Waals surface area contributed by atoms with Crippen LogP contribution in [0.25, 0.3) is 0 Å². The van der Waals surface area contributed by atoms with Crippen LogP contribution in [-0.2, 0) is 25.1 Å². The first-order chi connectivity index (χ1) is 19.8. The molecule has 3 rings (SSSR count). The van der Waals surface area contributed by atoms with Crippen molar-refractivity contribution >= 4 is 37.2 Å². The van der Waals surface area contributed by atoms with Crippen molar-refractivity contribution < 1.29 is 28.5 Å². The first-order valence-electron chi connectivity index (χ1n) is 15.9. The molecule has 0 amide bonds. The van der Waals surface area contributed by atoms with Crippen LogP contribution in [0.5, 0.6) is 0 Å². The lowest BCUT2D eigenvalue weighted by Gasteiger charge is -2.38. The fraction of sp³-hybridized carbons (Fsp3) is 0.788. The zero-order valence-corrected chi connectivity index (χ0v) is 29.5. The summed E-state index contributed by atoms with van der Waals surface area (Å²) in [6.07, 6.45) is 12.9. The summed E-state index contributed by atoms with van der Waals surface area (Å²) in [7, 11) is -0.379. The van der Waals surface area contributed by atoms with Crippen molar-refractivity contribution in [2.45, 2.75) is 140 Å². The maximum Gasteiger partial charge on any atom is 0.348 e. The molecule has 1 aromatic heterocycles. The molecule has 240 valence electrons. The van der Waals surface area contributed by atoms with E-state index in [0.29, 0.717) is 11.3 Å². The number of rotatable bonds is 15. The lowest BCUT2D eigenvalue weighted by Crippen LogP contribution is -2.43. The van der Waals surface area contributed by atoms with Crippen LogP contribution < -0.4 is 0 Å². The minimum Gasteiger partial charge on any atom is -0.465 e. The molecule has 2 heterocycles. The predicted octanol–water partition coefficient (Wildman–Crippen LogP) is 8.51. The molecule has 2 fully saturated rings. The number of aryl methyl sites for hydroxylation is 1. The summed E-state index contributed by atoms with van der Waals surface area (Å²) < 4.78 is 23.7. The van der Waals surface area contributed by atoms with Gasteiger partial charge in [0, 0.05) is 28.9 Å². The van der Waals surface area contributed by atoms with Crippen LogP contribution >= 0.6 is 22.9 Å². The Morgan fingerprint density at radius 2 is 2.00 bits per heavy atom. The van der Waals surface area contributed by atoms with Gasteiger partial charge in [0.15, 0.2) is 14.6 Å². The number of aliphatic hydroxyl groups is 1. The summed E-state index contributed by atoms with van der Waals surface area (Å²) >= 11 is 8.46. The van der Waals surface area contributed by atoms with Gasteiger partial charge in [-0.1, -0.05) is 32.9 Å². The van der Waals surface area contributed by atoms with Crippen molar-refractivity contribution in [3.05, 3.63) is 34.0 Å². The standard InChI is InChI=1S/C33H55ClO6SSi/c1-23(40-42(6,7)33(2,3)4)12-10-13-24(35)17-19-27-26(15-11-14-25-18-20-30(41-25)32(36)37-5)28(34)22-29(27)39-31-16-8-9-21-38-31/h17-20,23-24,26-29,31,35H,8-16,21-22H2,1-7H3/b19-17+/t23-,24+,26-,27-,28-,29-,31?/m1/s1. The second-order valence-electron chi connectivity index (χ2n) is 13.7. The van der Waals surface area contributed by atoms with Crippen LogP contribution in [0.3, 0.4) is 0 Å². The highest BCUT2D eigenvalue weighted by Crippen LogP contribution is 2.43. The molecule has 6 nitrogen and oxygen atoms in total. The van der Waals surface area contributed by atoms with Crippen LogP contribution in [0.2, 0.25) is 18.1 Å². The Hall–Kier alpha value is -0.743. The molecule has 1 N–H and O–H groups in total. The molecule has 0 radical (unpaired) electrons. The summed E-state index contributed by atoms with van der Waals surface area (Å²) in [5.74, 6) is 0.0957. The maximum absolute atomic E-state index is 11.8. The van der Waals surface area contributed by atoms with Gasteiger partial charge < -0.3 is 23.7 Å². The van der Waals surface area contributed by atoms with Crippen LogP contribution in [0.15, 0.2) is 24.3 Å². The van der Waals surface area contributed by atoms with Gasteiger partial charge in [0.2, 0.25) is 0 Å². The quantitative estimate of drug-likeness (QED) is 0.0895. The van der Waals surface area contributed by atoms with E-state index >= 15 is 0 Å². The Kier molecular flexibility index (Phi) is 14.1. The summed E-state index contributed by atoms with van der Waals surface area (Å²) in [5.41, 5.74) is 0. The number of methoxy groups -OCH3 is 1. The van der Waals surface area contributed by atoms with Crippen molar-refractivity contribution in [2.75, 3.05) is 13.7 Å². The number of esters is 1. The second-order valence-corrected chi connectivity index (χ2v) is 20.2. The average molecular weight is 643 g/mol. The number of carbonyl (C=O) groups is 1. The van der Waals surface area contributed by atoms with Gasteiger partial charge in [-0.2, -0.15) is 0 Å². The molecule has 7 atom stereocenters. The number of halogens is 1. The van der Waals surface area contributed by atoms with E-state index in [1.165, 1.54) is 23.3 Å². The van der Waals surface area contributed by atoms with Gasteiger partial charge >= 0.3 is 5.97 Å². The maximum atomic E-state index is 11.8. The average Bonchev–Trinajstić information content (AvgIpc) is 3.51. The monoisotopic (exact) mass is 642 g/mol. The van der Waals surface area contributed by atoms with E-state index < -0.39 is 14.4 Å². The van der Waals surface area contributed by atoms with E-state index in [2.05, 4.69) is 46.9 Å². The fourth-order valence-corrected chi connectivity index (χ4v) is 8.73. The van der Waals surface area contributed by atoms with Crippen molar-refractivity contribution in [1.82, 2.24) is 0 Å². The normalized spacial score (nSPS) is 26.9. The number of thiophene rings is 1. The highest BCUT2D eigenvalue weighted by molar-refractivity contribution is 7.13. The van der Waals surface area contributed by atoms with Crippen LogP contribution in [0.4, 0.5) is 0 Å². The van der Waals surface area contributed by atoms with E-state index in [1.54, 1.807) is 0 Å². The molecule has 1 saturated heterocycles. The van der Waals surface area contributed by atoms with Crippen LogP contribution in [0.1, 0.15) is 100 Å². The summed E-state index contributed by atoms with van der Waals surface area (Å²) in [6, 6.07) is 3.86. The lowest BCUT2D eigenvalue weighted by atomic mass is 9.88. The molecule has 1 aliphatic carbocycles. The number of alkyl halides is 1. The first-order valence-corrected chi connectivity index (χ1v) is 20.1. The molecule has 0 aromatic carbocycles. The highest BCUT2D eigenvalue weighted by atomic mass is 35.5. The molecular weight excluding hydrogens is 588 g/mol.